The number of amides is 1. The summed E-state index contributed by atoms with van der Waals surface area (Å²) in [6.45, 7) is 1.78. The monoisotopic (exact) mass is 324 g/mol. The number of methoxy groups -OCH3 is 1. The summed E-state index contributed by atoms with van der Waals surface area (Å²) in [4.78, 5) is 20.4. The van der Waals surface area contributed by atoms with Crippen molar-refractivity contribution in [2.45, 2.75) is 13.0 Å². The van der Waals surface area contributed by atoms with Gasteiger partial charge in [0.2, 0.25) is 11.7 Å². The van der Waals surface area contributed by atoms with Crippen molar-refractivity contribution in [3.05, 3.63) is 60.2 Å². The molecular formula is C17H16N4O3. The molecule has 0 aliphatic heterocycles. The summed E-state index contributed by atoms with van der Waals surface area (Å²) in [7, 11) is 1.61. The summed E-state index contributed by atoms with van der Waals surface area (Å²) < 4.78 is 10.4. The van der Waals surface area contributed by atoms with Crippen molar-refractivity contribution in [2.24, 2.45) is 0 Å². The molecule has 2 aromatic heterocycles. The van der Waals surface area contributed by atoms with Crippen LogP contribution in [0.2, 0.25) is 0 Å². The Morgan fingerprint density at radius 1 is 1.25 bits per heavy atom. The number of hydrogen-bond donors (Lipinski definition) is 1. The van der Waals surface area contributed by atoms with E-state index in [2.05, 4.69) is 20.4 Å². The summed E-state index contributed by atoms with van der Waals surface area (Å²) in [6, 6.07) is 10.3. The molecule has 0 saturated carbocycles. The van der Waals surface area contributed by atoms with E-state index >= 15 is 0 Å². The lowest BCUT2D eigenvalue weighted by molar-refractivity contribution is 0.0932. The maximum atomic E-state index is 12.1. The van der Waals surface area contributed by atoms with Crippen LogP contribution in [0.3, 0.4) is 0 Å². The number of hydrogen-bond acceptors (Lipinski definition) is 6. The SMILES string of the molecule is COc1ccc(-c2noc([C@H](C)NC(=O)c3cccnc3)n2)cc1. The lowest BCUT2D eigenvalue weighted by atomic mass is 10.2. The van der Waals surface area contributed by atoms with Crippen LogP contribution in [0.1, 0.15) is 29.2 Å². The van der Waals surface area contributed by atoms with E-state index in [4.69, 9.17) is 9.26 Å². The molecule has 1 aromatic carbocycles. The van der Waals surface area contributed by atoms with Crippen LogP contribution in [-0.2, 0) is 0 Å². The van der Waals surface area contributed by atoms with E-state index in [9.17, 15) is 4.79 Å². The van der Waals surface area contributed by atoms with Crippen LogP contribution < -0.4 is 10.1 Å². The van der Waals surface area contributed by atoms with E-state index in [1.165, 1.54) is 6.20 Å². The lowest BCUT2D eigenvalue weighted by Crippen LogP contribution is -2.26. The summed E-state index contributed by atoms with van der Waals surface area (Å²) in [5.41, 5.74) is 1.27. The molecule has 2 heterocycles. The van der Waals surface area contributed by atoms with Crippen molar-refractivity contribution in [1.82, 2.24) is 20.4 Å². The van der Waals surface area contributed by atoms with E-state index in [-0.39, 0.29) is 5.91 Å². The van der Waals surface area contributed by atoms with Crippen LogP contribution in [0.25, 0.3) is 11.4 Å². The van der Waals surface area contributed by atoms with E-state index < -0.39 is 6.04 Å². The third-order valence-corrected chi connectivity index (χ3v) is 3.43. The van der Waals surface area contributed by atoms with Crippen molar-refractivity contribution < 1.29 is 14.1 Å². The molecule has 0 bridgehead atoms. The number of benzene rings is 1. The average molecular weight is 324 g/mol. The molecule has 3 aromatic rings. The molecule has 0 fully saturated rings. The Hall–Kier alpha value is -3.22. The molecule has 7 heteroatoms. The first-order chi connectivity index (χ1) is 11.7. The fourth-order valence-electron chi connectivity index (χ4n) is 2.11. The predicted molar refractivity (Wildman–Crippen MR) is 86.4 cm³/mol. The summed E-state index contributed by atoms with van der Waals surface area (Å²) in [5, 5.41) is 6.75. The van der Waals surface area contributed by atoms with Gasteiger partial charge in [0.15, 0.2) is 0 Å². The van der Waals surface area contributed by atoms with Gasteiger partial charge in [-0.2, -0.15) is 4.98 Å². The maximum Gasteiger partial charge on any atom is 0.253 e. The largest absolute Gasteiger partial charge is 0.497 e. The Morgan fingerprint density at radius 2 is 2.04 bits per heavy atom. The highest BCUT2D eigenvalue weighted by Crippen LogP contribution is 2.21. The quantitative estimate of drug-likeness (QED) is 0.776. The number of carbonyl (C=O) groups excluding carboxylic acids is 1. The maximum absolute atomic E-state index is 12.1. The van der Waals surface area contributed by atoms with Crippen LogP contribution in [0.15, 0.2) is 53.3 Å². The number of nitrogens with one attached hydrogen (secondary N) is 1. The number of carbonyl (C=O) groups is 1. The van der Waals surface area contributed by atoms with Gasteiger partial charge in [0.25, 0.3) is 5.91 Å². The van der Waals surface area contributed by atoms with Crippen LogP contribution in [-0.4, -0.2) is 28.1 Å². The van der Waals surface area contributed by atoms with Gasteiger partial charge in [-0.3, -0.25) is 9.78 Å². The van der Waals surface area contributed by atoms with Crippen LogP contribution in [0.4, 0.5) is 0 Å². The minimum Gasteiger partial charge on any atom is -0.497 e. The number of ether oxygens (including phenoxy) is 1. The topological polar surface area (TPSA) is 90.1 Å². The minimum atomic E-state index is -0.419. The first-order valence-electron chi connectivity index (χ1n) is 7.36. The summed E-state index contributed by atoms with van der Waals surface area (Å²) >= 11 is 0. The minimum absolute atomic E-state index is 0.250. The summed E-state index contributed by atoms with van der Waals surface area (Å²) in [6.07, 6.45) is 3.11. The Kier molecular flexibility index (Phi) is 4.51. The van der Waals surface area contributed by atoms with Gasteiger partial charge in [0, 0.05) is 18.0 Å². The molecule has 7 nitrogen and oxygen atoms in total. The molecule has 1 amide bonds. The van der Waals surface area contributed by atoms with Crippen LogP contribution >= 0.6 is 0 Å². The van der Waals surface area contributed by atoms with Gasteiger partial charge in [-0.15, -0.1) is 0 Å². The molecule has 122 valence electrons. The normalized spacial score (nSPS) is 11.8. The Balaban J connectivity index is 1.71. The van der Waals surface area contributed by atoms with E-state index in [0.717, 1.165) is 11.3 Å². The van der Waals surface area contributed by atoms with Gasteiger partial charge in [-0.05, 0) is 43.3 Å². The summed E-state index contributed by atoms with van der Waals surface area (Å²) in [5.74, 6) is 1.28. The van der Waals surface area contributed by atoms with Gasteiger partial charge < -0.3 is 14.6 Å². The molecule has 0 spiro atoms. The first-order valence-corrected chi connectivity index (χ1v) is 7.36. The average Bonchev–Trinajstić information content (AvgIpc) is 3.13. The zero-order chi connectivity index (χ0) is 16.9. The Bertz CT molecular complexity index is 815. The van der Waals surface area contributed by atoms with Gasteiger partial charge >= 0.3 is 0 Å². The fourth-order valence-corrected chi connectivity index (χ4v) is 2.11. The van der Waals surface area contributed by atoms with Crippen molar-refractivity contribution in [2.75, 3.05) is 7.11 Å². The zero-order valence-electron chi connectivity index (χ0n) is 13.3. The van der Waals surface area contributed by atoms with Gasteiger partial charge in [-0.25, -0.2) is 0 Å². The highest BCUT2D eigenvalue weighted by atomic mass is 16.5. The molecular weight excluding hydrogens is 308 g/mol. The van der Waals surface area contributed by atoms with E-state index in [1.807, 2.05) is 24.3 Å². The first kappa shape index (κ1) is 15.7. The molecule has 0 saturated heterocycles. The molecule has 3 rings (SSSR count). The standard InChI is InChI=1S/C17H16N4O3/c1-11(19-16(22)13-4-3-9-18-10-13)17-20-15(21-24-17)12-5-7-14(23-2)8-6-12/h3-11H,1-2H3,(H,19,22)/t11-/m0/s1. The van der Waals surface area contributed by atoms with E-state index in [1.54, 1.807) is 32.4 Å². The second kappa shape index (κ2) is 6.91. The fraction of sp³-hybridized carbons (Fsp3) is 0.176. The number of aromatic nitrogens is 3. The molecule has 0 aliphatic rings. The number of pyridine rings is 1. The van der Waals surface area contributed by atoms with Crippen molar-refractivity contribution in [3.8, 4) is 17.1 Å². The predicted octanol–water partition coefficient (Wildman–Crippen LogP) is 2.63. The van der Waals surface area contributed by atoms with Crippen LogP contribution in [0.5, 0.6) is 5.75 Å². The Labute approximate surface area is 138 Å². The number of nitrogens with zero attached hydrogens (tertiary/aromatic N) is 3. The van der Waals surface area contributed by atoms with Gasteiger partial charge in [-0.1, -0.05) is 5.16 Å². The molecule has 0 aliphatic carbocycles. The van der Waals surface area contributed by atoms with Crippen molar-refractivity contribution >= 4 is 5.91 Å². The second-order valence-corrected chi connectivity index (χ2v) is 5.12. The van der Waals surface area contributed by atoms with E-state index in [0.29, 0.717) is 17.3 Å². The number of rotatable bonds is 5. The van der Waals surface area contributed by atoms with Crippen molar-refractivity contribution in [1.29, 1.82) is 0 Å². The Morgan fingerprint density at radius 3 is 2.71 bits per heavy atom. The van der Waals surface area contributed by atoms with Crippen LogP contribution in [0, 0.1) is 0 Å². The molecule has 24 heavy (non-hydrogen) atoms. The van der Waals surface area contributed by atoms with Gasteiger partial charge in [0.05, 0.1) is 12.7 Å². The zero-order valence-corrected chi connectivity index (χ0v) is 13.3. The third kappa shape index (κ3) is 3.40. The lowest BCUT2D eigenvalue weighted by Gasteiger charge is -2.09. The molecule has 0 unspecified atom stereocenters. The molecule has 0 radical (unpaired) electrons. The van der Waals surface area contributed by atoms with Crippen molar-refractivity contribution in [3.63, 3.8) is 0 Å². The molecule has 1 atom stereocenters. The highest BCUT2D eigenvalue weighted by Gasteiger charge is 2.18. The third-order valence-electron chi connectivity index (χ3n) is 3.43. The molecule has 1 N–H and O–H groups in total. The smallest absolute Gasteiger partial charge is 0.253 e. The van der Waals surface area contributed by atoms with Gasteiger partial charge in [0.1, 0.15) is 11.8 Å². The second-order valence-electron chi connectivity index (χ2n) is 5.12. The highest BCUT2D eigenvalue weighted by molar-refractivity contribution is 5.93.